The number of nitrogens with one attached hydrogen (secondary N) is 1. The van der Waals surface area contributed by atoms with Crippen molar-refractivity contribution in [1.29, 1.82) is 0 Å². The molecule has 0 aromatic carbocycles. The molecule has 2 aromatic rings. The van der Waals surface area contributed by atoms with Crippen molar-refractivity contribution >= 4 is 55.0 Å². The summed E-state index contributed by atoms with van der Waals surface area (Å²) in [5.41, 5.74) is 0. The van der Waals surface area contributed by atoms with Crippen molar-refractivity contribution in [3.63, 3.8) is 0 Å². The highest BCUT2D eigenvalue weighted by atomic mass is 79.9. The SMILES string of the molecule is Brc1nc(Sc2nn[nH]n2)sc1Br. The molecule has 0 radical (unpaired) electrons. The van der Waals surface area contributed by atoms with Gasteiger partial charge in [-0.2, -0.15) is 5.21 Å². The van der Waals surface area contributed by atoms with E-state index < -0.39 is 0 Å². The van der Waals surface area contributed by atoms with Gasteiger partial charge in [0, 0.05) is 0 Å². The molecule has 0 aliphatic carbocycles. The normalized spacial score (nSPS) is 10.6. The van der Waals surface area contributed by atoms with Gasteiger partial charge in [0.15, 0.2) is 4.34 Å². The van der Waals surface area contributed by atoms with E-state index in [9.17, 15) is 0 Å². The molecule has 0 aliphatic rings. The van der Waals surface area contributed by atoms with E-state index in [1.54, 1.807) is 0 Å². The second kappa shape index (κ2) is 4.03. The maximum absolute atomic E-state index is 4.21. The molecule has 0 unspecified atom stereocenters. The minimum absolute atomic E-state index is 0.564. The van der Waals surface area contributed by atoms with Crippen molar-refractivity contribution in [2.24, 2.45) is 0 Å². The van der Waals surface area contributed by atoms with Crippen LogP contribution in [0.1, 0.15) is 0 Å². The van der Waals surface area contributed by atoms with Crippen LogP contribution in [-0.4, -0.2) is 25.6 Å². The summed E-state index contributed by atoms with van der Waals surface area (Å²) in [7, 11) is 0. The van der Waals surface area contributed by atoms with Crippen molar-refractivity contribution < 1.29 is 0 Å². The molecular weight excluding hydrogens is 342 g/mol. The molecule has 2 rings (SSSR count). The van der Waals surface area contributed by atoms with Crippen molar-refractivity contribution in [2.45, 2.75) is 9.50 Å². The van der Waals surface area contributed by atoms with Crippen molar-refractivity contribution in [3.05, 3.63) is 8.39 Å². The number of hydrogen-bond acceptors (Lipinski definition) is 6. The van der Waals surface area contributed by atoms with Crippen LogP contribution in [0.15, 0.2) is 17.9 Å². The Balaban J connectivity index is 2.19. The largest absolute Gasteiger partial charge is 0.237 e. The first-order chi connectivity index (χ1) is 6.25. The highest BCUT2D eigenvalue weighted by Gasteiger charge is 2.09. The van der Waals surface area contributed by atoms with Gasteiger partial charge in [0.1, 0.15) is 8.39 Å². The number of rotatable bonds is 2. The monoisotopic (exact) mass is 341 g/mol. The number of nitrogens with zero attached hydrogens (tertiary/aromatic N) is 4. The molecular formula is C4HBr2N5S2. The number of tetrazole rings is 1. The quantitative estimate of drug-likeness (QED) is 0.907. The van der Waals surface area contributed by atoms with Crippen LogP contribution < -0.4 is 0 Å². The predicted molar refractivity (Wildman–Crippen MR) is 55.8 cm³/mol. The van der Waals surface area contributed by atoms with Gasteiger partial charge in [0.05, 0.1) is 0 Å². The Morgan fingerprint density at radius 1 is 1.38 bits per heavy atom. The molecule has 0 spiro atoms. The second-order valence-corrected chi connectivity index (χ2v) is 6.12. The molecule has 2 aromatic heterocycles. The van der Waals surface area contributed by atoms with E-state index in [1.807, 2.05) is 0 Å². The fourth-order valence-corrected chi connectivity index (χ4v) is 3.63. The Hall–Kier alpha value is 0.01000. The smallest absolute Gasteiger partial charge is 0.221 e. The maximum Gasteiger partial charge on any atom is 0.237 e. The van der Waals surface area contributed by atoms with Crippen LogP contribution in [0.25, 0.3) is 0 Å². The molecule has 0 fully saturated rings. The van der Waals surface area contributed by atoms with Crippen LogP contribution in [0, 0.1) is 0 Å². The molecule has 0 bridgehead atoms. The fraction of sp³-hybridized carbons (Fsp3) is 0. The molecule has 0 saturated heterocycles. The van der Waals surface area contributed by atoms with Gasteiger partial charge in [-0.3, -0.25) is 0 Å². The zero-order valence-electron chi connectivity index (χ0n) is 5.86. The molecule has 0 amide bonds. The molecule has 0 saturated carbocycles. The molecule has 0 aliphatic heterocycles. The van der Waals surface area contributed by atoms with Crippen LogP contribution in [-0.2, 0) is 0 Å². The summed E-state index contributed by atoms with van der Waals surface area (Å²) in [4.78, 5) is 4.21. The number of aromatic amines is 1. The van der Waals surface area contributed by atoms with E-state index >= 15 is 0 Å². The van der Waals surface area contributed by atoms with E-state index in [-0.39, 0.29) is 0 Å². The Labute approximate surface area is 98.0 Å². The molecule has 2 heterocycles. The molecule has 0 atom stereocenters. The zero-order chi connectivity index (χ0) is 9.26. The summed E-state index contributed by atoms with van der Waals surface area (Å²) in [5.74, 6) is 0. The van der Waals surface area contributed by atoms with Gasteiger partial charge in [-0.15, -0.1) is 10.2 Å². The first-order valence-electron chi connectivity index (χ1n) is 2.99. The first-order valence-corrected chi connectivity index (χ1v) is 6.21. The Bertz CT molecular complexity index is 379. The van der Waals surface area contributed by atoms with Crippen LogP contribution in [0.4, 0.5) is 0 Å². The van der Waals surface area contributed by atoms with E-state index in [0.717, 1.165) is 12.7 Å². The van der Waals surface area contributed by atoms with E-state index in [0.29, 0.717) is 5.16 Å². The zero-order valence-corrected chi connectivity index (χ0v) is 10.7. The lowest BCUT2D eigenvalue weighted by molar-refractivity contribution is 0.881. The summed E-state index contributed by atoms with van der Waals surface area (Å²) >= 11 is 9.52. The van der Waals surface area contributed by atoms with Crippen molar-refractivity contribution in [3.8, 4) is 0 Å². The highest BCUT2D eigenvalue weighted by molar-refractivity contribution is 9.13. The van der Waals surface area contributed by atoms with Gasteiger partial charge in [0.2, 0.25) is 5.16 Å². The number of halogens is 2. The molecule has 1 N–H and O–H groups in total. The molecule has 68 valence electrons. The van der Waals surface area contributed by atoms with Crippen LogP contribution in [0.2, 0.25) is 0 Å². The Kier molecular flexibility index (Phi) is 2.96. The standard InChI is InChI=1S/C4HBr2N5S2/c5-1-2(6)12-4(7-1)13-3-8-10-11-9-3/h(H,8,9,10,11). The van der Waals surface area contributed by atoms with Gasteiger partial charge in [0.25, 0.3) is 0 Å². The number of H-pyrrole nitrogens is 1. The minimum atomic E-state index is 0.564. The van der Waals surface area contributed by atoms with Gasteiger partial charge < -0.3 is 0 Å². The summed E-state index contributed by atoms with van der Waals surface area (Å²) in [6.07, 6.45) is 0. The fourth-order valence-electron chi connectivity index (χ4n) is 0.583. The van der Waals surface area contributed by atoms with Gasteiger partial charge >= 0.3 is 0 Å². The lowest BCUT2D eigenvalue weighted by Gasteiger charge is -1.84. The average Bonchev–Trinajstić information content (AvgIpc) is 2.64. The van der Waals surface area contributed by atoms with Crippen molar-refractivity contribution in [2.75, 3.05) is 0 Å². The second-order valence-electron chi connectivity index (χ2n) is 1.84. The van der Waals surface area contributed by atoms with Gasteiger partial charge in [-0.1, -0.05) is 11.3 Å². The third kappa shape index (κ3) is 2.27. The predicted octanol–water partition coefficient (Wildman–Crippen LogP) is 2.33. The number of thiazole rings is 1. The lowest BCUT2D eigenvalue weighted by atomic mass is 11.0. The Morgan fingerprint density at radius 3 is 2.77 bits per heavy atom. The summed E-state index contributed by atoms with van der Waals surface area (Å²) < 4.78 is 2.61. The van der Waals surface area contributed by atoms with Crippen LogP contribution >= 0.6 is 55.0 Å². The summed E-state index contributed by atoms with van der Waals surface area (Å²) in [6.45, 7) is 0. The number of hydrogen-bond donors (Lipinski definition) is 1. The van der Waals surface area contributed by atoms with Crippen LogP contribution in [0.5, 0.6) is 0 Å². The lowest BCUT2D eigenvalue weighted by Crippen LogP contribution is -1.74. The average molecular weight is 343 g/mol. The van der Waals surface area contributed by atoms with Gasteiger partial charge in [-0.05, 0) is 48.8 Å². The van der Waals surface area contributed by atoms with Crippen LogP contribution in [0.3, 0.4) is 0 Å². The third-order valence-electron chi connectivity index (χ3n) is 1.03. The highest BCUT2D eigenvalue weighted by Crippen LogP contribution is 2.36. The summed E-state index contributed by atoms with van der Waals surface area (Å²) in [6, 6.07) is 0. The van der Waals surface area contributed by atoms with E-state index in [1.165, 1.54) is 23.1 Å². The van der Waals surface area contributed by atoms with E-state index in [2.05, 4.69) is 57.5 Å². The number of aromatic nitrogens is 5. The first kappa shape index (κ1) is 9.56. The third-order valence-corrected chi connectivity index (χ3v) is 5.02. The van der Waals surface area contributed by atoms with Gasteiger partial charge in [-0.25, -0.2) is 4.98 Å². The minimum Gasteiger partial charge on any atom is -0.221 e. The summed E-state index contributed by atoms with van der Waals surface area (Å²) in [5, 5.41) is 14.0. The van der Waals surface area contributed by atoms with Crippen molar-refractivity contribution in [1.82, 2.24) is 25.6 Å². The Morgan fingerprint density at radius 2 is 2.23 bits per heavy atom. The molecule has 5 nitrogen and oxygen atoms in total. The molecule has 9 heteroatoms. The topological polar surface area (TPSA) is 67.3 Å². The molecule has 13 heavy (non-hydrogen) atoms. The van der Waals surface area contributed by atoms with E-state index in [4.69, 9.17) is 0 Å². The maximum atomic E-state index is 4.21.